The van der Waals surface area contributed by atoms with E-state index in [1.54, 1.807) is 6.08 Å². The molecule has 0 saturated heterocycles. The summed E-state index contributed by atoms with van der Waals surface area (Å²) >= 11 is 0. The highest BCUT2D eigenvalue weighted by Gasteiger charge is 2.01. The minimum absolute atomic E-state index is 0.157. The molecule has 1 amide bonds. The fourth-order valence-electron chi connectivity index (χ4n) is 1.53. The van der Waals surface area contributed by atoms with Crippen LogP contribution in [0.4, 0.5) is 5.95 Å². The lowest BCUT2D eigenvalue weighted by Crippen LogP contribution is -2.09. The smallest absolute Gasteiger partial charge is 0.270 e. The van der Waals surface area contributed by atoms with E-state index in [0.717, 1.165) is 5.56 Å². The lowest BCUT2D eigenvalue weighted by Gasteiger charge is -2.04. The molecular weight excluding hydrogens is 242 g/mol. The average Bonchev–Trinajstić information content (AvgIpc) is 2.89. The van der Waals surface area contributed by atoms with E-state index in [4.69, 9.17) is 0 Å². The number of anilines is 1. The standard InChI is InChI=1S/C13H15N5O/c1-9(2)11-6-3-10(4-7-11)5-8-12(19)14-13-15-17-18-16-13/h3-9H,1-2H3,(H2,14,15,16,17,18,19)/b8-5+. The number of tetrazole rings is 1. The zero-order chi connectivity index (χ0) is 13.7. The van der Waals surface area contributed by atoms with Gasteiger partial charge in [-0.25, -0.2) is 0 Å². The molecule has 0 radical (unpaired) electrons. The van der Waals surface area contributed by atoms with Crippen LogP contribution in [-0.2, 0) is 4.79 Å². The van der Waals surface area contributed by atoms with E-state index in [0.29, 0.717) is 5.92 Å². The molecule has 2 N–H and O–H groups in total. The molecule has 0 fully saturated rings. The molecule has 0 aliphatic carbocycles. The minimum atomic E-state index is -0.297. The third-order valence-electron chi connectivity index (χ3n) is 2.61. The number of H-pyrrole nitrogens is 1. The molecule has 0 unspecified atom stereocenters. The number of hydrogen-bond donors (Lipinski definition) is 2. The van der Waals surface area contributed by atoms with Crippen LogP contribution < -0.4 is 5.32 Å². The van der Waals surface area contributed by atoms with Gasteiger partial charge in [-0.3, -0.25) is 10.1 Å². The molecule has 2 aromatic rings. The molecule has 2 rings (SSSR count). The van der Waals surface area contributed by atoms with E-state index in [9.17, 15) is 4.79 Å². The van der Waals surface area contributed by atoms with E-state index >= 15 is 0 Å². The third kappa shape index (κ3) is 3.74. The zero-order valence-corrected chi connectivity index (χ0v) is 10.8. The van der Waals surface area contributed by atoms with E-state index in [2.05, 4.69) is 51.9 Å². The molecule has 0 saturated carbocycles. The normalized spacial score (nSPS) is 11.1. The van der Waals surface area contributed by atoms with Crippen molar-refractivity contribution in [1.82, 2.24) is 20.6 Å². The average molecular weight is 257 g/mol. The number of aromatic amines is 1. The van der Waals surface area contributed by atoms with Gasteiger partial charge >= 0.3 is 0 Å². The van der Waals surface area contributed by atoms with Gasteiger partial charge in [0.25, 0.3) is 11.9 Å². The molecule has 0 bridgehead atoms. The number of aromatic nitrogens is 4. The molecule has 0 spiro atoms. The quantitative estimate of drug-likeness (QED) is 0.820. The van der Waals surface area contributed by atoms with Crippen LogP contribution in [0.1, 0.15) is 30.9 Å². The van der Waals surface area contributed by atoms with Crippen LogP contribution >= 0.6 is 0 Å². The molecule has 6 heteroatoms. The van der Waals surface area contributed by atoms with Gasteiger partial charge < -0.3 is 0 Å². The first kappa shape index (κ1) is 12.9. The Labute approximate surface area is 110 Å². The Hall–Kier alpha value is -2.50. The maximum atomic E-state index is 11.5. The van der Waals surface area contributed by atoms with Gasteiger partial charge in [0.05, 0.1) is 0 Å². The number of nitrogens with one attached hydrogen (secondary N) is 2. The molecular formula is C13H15N5O. The molecule has 0 aliphatic rings. The highest BCUT2D eigenvalue weighted by molar-refractivity contribution is 6.00. The van der Waals surface area contributed by atoms with Gasteiger partial charge in [-0.1, -0.05) is 43.2 Å². The van der Waals surface area contributed by atoms with Gasteiger partial charge in [0.1, 0.15) is 0 Å². The van der Waals surface area contributed by atoms with Crippen molar-refractivity contribution >= 4 is 17.9 Å². The third-order valence-corrected chi connectivity index (χ3v) is 2.61. The lowest BCUT2D eigenvalue weighted by atomic mass is 10.0. The van der Waals surface area contributed by atoms with Crippen molar-refractivity contribution in [3.63, 3.8) is 0 Å². The summed E-state index contributed by atoms with van der Waals surface area (Å²) in [5, 5.41) is 15.3. The lowest BCUT2D eigenvalue weighted by molar-refractivity contribution is -0.111. The Balaban J connectivity index is 1.96. The van der Waals surface area contributed by atoms with E-state index in [1.807, 2.05) is 12.1 Å². The monoisotopic (exact) mass is 257 g/mol. The first-order valence-electron chi connectivity index (χ1n) is 5.97. The van der Waals surface area contributed by atoms with Crippen molar-refractivity contribution in [2.24, 2.45) is 0 Å². The summed E-state index contributed by atoms with van der Waals surface area (Å²) in [5.41, 5.74) is 2.24. The maximum Gasteiger partial charge on any atom is 0.270 e. The van der Waals surface area contributed by atoms with Crippen LogP contribution in [0.3, 0.4) is 0 Å². The van der Waals surface area contributed by atoms with Gasteiger partial charge in [0.15, 0.2) is 0 Å². The number of amides is 1. The molecule has 1 aromatic carbocycles. The van der Waals surface area contributed by atoms with Gasteiger partial charge in [0, 0.05) is 6.08 Å². The predicted molar refractivity (Wildman–Crippen MR) is 72.4 cm³/mol. The van der Waals surface area contributed by atoms with Gasteiger partial charge in [-0.2, -0.15) is 5.21 Å². The highest BCUT2D eigenvalue weighted by Crippen LogP contribution is 2.15. The highest BCUT2D eigenvalue weighted by atomic mass is 16.1. The van der Waals surface area contributed by atoms with Crippen molar-refractivity contribution in [3.8, 4) is 0 Å². The molecule has 6 nitrogen and oxygen atoms in total. The first-order chi connectivity index (χ1) is 9.15. The minimum Gasteiger partial charge on any atom is -0.288 e. The van der Waals surface area contributed by atoms with Crippen LogP contribution in [0.5, 0.6) is 0 Å². The fraction of sp³-hybridized carbons (Fsp3) is 0.231. The van der Waals surface area contributed by atoms with Crippen molar-refractivity contribution in [2.45, 2.75) is 19.8 Å². The van der Waals surface area contributed by atoms with Gasteiger partial charge in [-0.15, -0.1) is 5.10 Å². The number of hydrogen-bond acceptors (Lipinski definition) is 4. The Kier molecular flexibility index (Phi) is 4.02. The number of nitrogens with zero attached hydrogens (tertiary/aromatic N) is 3. The summed E-state index contributed by atoms with van der Waals surface area (Å²) < 4.78 is 0. The van der Waals surface area contributed by atoms with Crippen molar-refractivity contribution in [2.75, 3.05) is 5.32 Å². The first-order valence-corrected chi connectivity index (χ1v) is 5.97. The molecule has 1 heterocycles. The summed E-state index contributed by atoms with van der Waals surface area (Å²) in [5.74, 6) is 0.360. The summed E-state index contributed by atoms with van der Waals surface area (Å²) in [6, 6.07) is 8.07. The van der Waals surface area contributed by atoms with Crippen LogP contribution in [0.2, 0.25) is 0 Å². The number of carbonyl (C=O) groups is 1. The summed E-state index contributed by atoms with van der Waals surface area (Å²) in [7, 11) is 0. The Bertz CT molecular complexity index is 557. The maximum absolute atomic E-state index is 11.5. The number of benzene rings is 1. The predicted octanol–water partition coefficient (Wildman–Crippen LogP) is 1.97. The SMILES string of the molecule is CC(C)c1ccc(/C=C/C(=O)Nc2nn[nH]n2)cc1. The van der Waals surface area contributed by atoms with Crippen molar-refractivity contribution < 1.29 is 4.79 Å². The van der Waals surface area contributed by atoms with E-state index < -0.39 is 0 Å². The zero-order valence-electron chi connectivity index (χ0n) is 10.8. The summed E-state index contributed by atoms with van der Waals surface area (Å²) in [4.78, 5) is 11.5. The Morgan fingerprint density at radius 1 is 1.32 bits per heavy atom. The van der Waals surface area contributed by atoms with Gasteiger partial charge in [-0.05, 0) is 28.3 Å². The van der Waals surface area contributed by atoms with Crippen LogP contribution in [0.25, 0.3) is 6.08 Å². The molecule has 0 aliphatic heterocycles. The second-order valence-electron chi connectivity index (χ2n) is 4.38. The van der Waals surface area contributed by atoms with Crippen LogP contribution in [0, 0.1) is 0 Å². The fourth-order valence-corrected chi connectivity index (χ4v) is 1.53. The summed E-state index contributed by atoms with van der Waals surface area (Å²) in [6.07, 6.45) is 3.17. The van der Waals surface area contributed by atoms with Crippen molar-refractivity contribution in [3.05, 3.63) is 41.5 Å². The molecule has 19 heavy (non-hydrogen) atoms. The number of rotatable bonds is 4. The van der Waals surface area contributed by atoms with Crippen LogP contribution in [0.15, 0.2) is 30.3 Å². The van der Waals surface area contributed by atoms with E-state index in [-0.39, 0.29) is 11.9 Å². The second-order valence-corrected chi connectivity index (χ2v) is 4.38. The van der Waals surface area contributed by atoms with Crippen LogP contribution in [-0.4, -0.2) is 26.5 Å². The second kappa shape index (κ2) is 5.90. The topological polar surface area (TPSA) is 83.6 Å². The van der Waals surface area contributed by atoms with E-state index in [1.165, 1.54) is 11.6 Å². The Morgan fingerprint density at radius 3 is 2.63 bits per heavy atom. The summed E-state index contributed by atoms with van der Waals surface area (Å²) in [6.45, 7) is 4.28. The largest absolute Gasteiger partial charge is 0.288 e. The number of carbonyl (C=O) groups excluding carboxylic acids is 1. The van der Waals surface area contributed by atoms with Gasteiger partial charge in [0.2, 0.25) is 0 Å². The Morgan fingerprint density at radius 2 is 2.05 bits per heavy atom. The molecule has 1 aromatic heterocycles. The van der Waals surface area contributed by atoms with Crippen molar-refractivity contribution in [1.29, 1.82) is 0 Å². The molecule has 0 atom stereocenters. The molecule has 98 valence electrons.